The van der Waals surface area contributed by atoms with Crippen molar-refractivity contribution >= 4 is 21.6 Å². The molecule has 0 saturated heterocycles. The van der Waals surface area contributed by atoms with Crippen LogP contribution in [0.25, 0.3) is 0 Å². The van der Waals surface area contributed by atoms with E-state index in [9.17, 15) is 8.42 Å². The van der Waals surface area contributed by atoms with Crippen LogP contribution in [0.15, 0.2) is 34.1 Å². The Morgan fingerprint density at radius 2 is 1.94 bits per heavy atom. The lowest BCUT2D eigenvalue weighted by Crippen LogP contribution is -2.32. The van der Waals surface area contributed by atoms with Crippen molar-refractivity contribution in [1.29, 1.82) is 0 Å². The molecule has 0 bridgehead atoms. The molecule has 1 unspecified atom stereocenters. The minimum Gasteiger partial charge on any atom is -0.383 e. The highest BCUT2D eigenvalue weighted by Crippen LogP contribution is 2.21. The lowest BCUT2D eigenvalue weighted by Gasteiger charge is -2.14. The Morgan fingerprint density at radius 1 is 1.33 bits per heavy atom. The first kappa shape index (κ1) is 15.5. The van der Waals surface area contributed by atoms with Crippen LogP contribution in [-0.4, -0.2) is 47.2 Å². The minimum atomic E-state index is -3.11. The molecule has 1 rings (SSSR count). The van der Waals surface area contributed by atoms with Gasteiger partial charge in [0.15, 0.2) is 9.84 Å². The second-order valence-corrected chi connectivity index (χ2v) is 7.10. The maximum absolute atomic E-state index is 11.3. The Labute approximate surface area is 113 Å². The van der Waals surface area contributed by atoms with Crippen molar-refractivity contribution in [2.24, 2.45) is 0 Å². The fourth-order valence-corrected chi connectivity index (χ4v) is 3.01. The molecule has 0 fully saturated rings. The SMILES string of the molecule is CNC(COC)CSc1ccc(S(C)(=O)=O)cc1. The Balaban J connectivity index is 2.59. The van der Waals surface area contributed by atoms with Gasteiger partial charge in [-0.1, -0.05) is 0 Å². The summed E-state index contributed by atoms with van der Waals surface area (Å²) in [6, 6.07) is 7.24. The average Bonchev–Trinajstić information content (AvgIpc) is 2.34. The van der Waals surface area contributed by atoms with E-state index >= 15 is 0 Å². The fourth-order valence-electron chi connectivity index (χ4n) is 1.40. The van der Waals surface area contributed by atoms with Crippen LogP contribution in [0.2, 0.25) is 0 Å². The molecule has 6 heteroatoms. The van der Waals surface area contributed by atoms with Gasteiger partial charge < -0.3 is 10.1 Å². The normalized spacial score (nSPS) is 13.5. The van der Waals surface area contributed by atoms with Crippen LogP contribution in [0.4, 0.5) is 0 Å². The lowest BCUT2D eigenvalue weighted by molar-refractivity contribution is 0.177. The van der Waals surface area contributed by atoms with Gasteiger partial charge in [0, 0.05) is 30.1 Å². The summed E-state index contributed by atoms with van der Waals surface area (Å²) in [6.45, 7) is 0.658. The number of likely N-dealkylation sites (N-methyl/N-ethyl adjacent to an activating group) is 1. The average molecular weight is 289 g/mol. The number of hydrogen-bond acceptors (Lipinski definition) is 5. The number of sulfone groups is 1. The van der Waals surface area contributed by atoms with E-state index in [0.29, 0.717) is 11.5 Å². The molecule has 0 aliphatic heterocycles. The molecule has 1 atom stereocenters. The predicted molar refractivity (Wildman–Crippen MR) is 75.0 cm³/mol. The quantitative estimate of drug-likeness (QED) is 0.769. The Kier molecular flexibility index (Phi) is 6.14. The molecule has 102 valence electrons. The molecule has 1 aromatic rings. The van der Waals surface area contributed by atoms with Gasteiger partial charge in [0.2, 0.25) is 0 Å². The molecule has 1 N–H and O–H groups in total. The third-order valence-corrected chi connectivity index (χ3v) is 4.78. The van der Waals surface area contributed by atoms with Crippen molar-refractivity contribution < 1.29 is 13.2 Å². The van der Waals surface area contributed by atoms with Gasteiger partial charge in [-0.25, -0.2) is 8.42 Å². The first-order chi connectivity index (χ1) is 8.47. The molecule has 0 heterocycles. The van der Waals surface area contributed by atoms with Gasteiger partial charge in [-0.05, 0) is 31.3 Å². The van der Waals surface area contributed by atoms with E-state index in [4.69, 9.17) is 4.74 Å². The number of benzene rings is 1. The molecule has 0 aromatic heterocycles. The monoisotopic (exact) mass is 289 g/mol. The van der Waals surface area contributed by atoms with E-state index in [1.54, 1.807) is 31.0 Å². The van der Waals surface area contributed by atoms with Gasteiger partial charge in [0.1, 0.15) is 0 Å². The molecule has 0 radical (unpaired) electrons. The number of nitrogens with one attached hydrogen (secondary N) is 1. The van der Waals surface area contributed by atoms with Gasteiger partial charge in [-0.2, -0.15) is 0 Å². The second kappa shape index (κ2) is 7.13. The molecule has 0 spiro atoms. The van der Waals surface area contributed by atoms with Crippen molar-refractivity contribution in [2.45, 2.75) is 15.8 Å². The third kappa shape index (κ3) is 4.97. The zero-order valence-electron chi connectivity index (χ0n) is 10.8. The van der Waals surface area contributed by atoms with E-state index in [-0.39, 0.29) is 6.04 Å². The minimum absolute atomic E-state index is 0.287. The highest BCUT2D eigenvalue weighted by Gasteiger charge is 2.08. The van der Waals surface area contributed by atoms with E-state index in [1.165, 1.54) is 6.26 Å². The first-order valence-electron chi connectivity index (χ1n) is 5.56. The number of hydrogen-bond donors (Lipinski definition) is 1. The summed E-state index contributed by atoms with van der Waals surface area (Å²) in [5.41, 5.74) is 0. The van der Waals surface area contributed by atoms with Gasteiger partial charge in [0.25, 0.3) is 0 Å². The first-order valence-corrected chi connectivity index (χ1v) is 8.44. The van der Waals surface area contributed by atoms with Gasteiger partial charge in [-0.15, -0.1) is 11.8 Å². The summed E-state index contributed by atoms with van der Waals surface area (Å²) in [6.07, 6.45) is 1.21. The molecule has 0 amide bonds. The topological polar surface area (TPSA) is 55.4 Å². The van der Waals surface area contributed by atoms with Crippen molar-refractivity contribution in [3.05, 3.63) is 24.3 Å². The van der Waals surface area contributed by atoms with Crippen LogP contribution < -0.4 is 5.32 Å². The van der Waals surface area contributed by atoms with E-state index < -0.39 is 9.84 Å². The Hall–Kier alpha value is -0.560. The van der Waals surface area contributed by atoms with Crippen molar-refractivity contribution in [3.8, 4) is 0 Å². The van der Waals surface area contributed by atoms with Crippen LogP contribution in [0.3, 0.4) is 0 Å². The fraction of sp³-hybridized carbons (Fsp3) is 0.500. The molecule has 0 aliphatic carbocycles. The third-order valence-electron chi connectivity index (χ3n) is 2.48. The number of rotatable bonds is 7. The van der Waals surface area contributed by atoms with Crippen molar-refractivity contribution in [3.63, 3.8) is 0 Å². The number of thioether (sulfide) groups is 1. The standard InChI is InChI=1S/C12H19NO3S2/c1-13-10(8-16-2)9-17-11-4-6-12(7-5-11)18(3,14)15/h4-7,10,13H,8-9H2,1-3H3. The van der Waals surface area contributed by atoms with Crippen LogP contribution in [-0.2, 0) is 14.6 Å². The molecular weight excluding hydrogens is 270 g/mol. The van der Waals surface area contributed by atoms with Crippen LogP contribution in [0, 0.1) is 0 Å². The molecule has 18 heavy (non-hydrogen) atoms. The van der Waals surface area contributed by atoms with Crippen LogP contribution in [0.5, 0.6) is 0 Å². The highest BCUT2D eigenvalue weighted by atomic mass is 32.2. The van der Waals surface area contributed by atoms with E-state index in [1.807, 2.05) is 19.2 Å². The summed E-state index contributed by atoms with van der Waals surface area (Å²) >= 11 is 1.68. The molecule has 0 aliphatic rings. The van der Waals surface area contributed by atoms with Crippen molar-refractivity contribution in [1.82, 2.24) is 5.32 Å². The highest BCUT2D eigenvalue weighted by molar-refractivity contribution is 7.99. The Bertz CT molecular complexity index is 457. The van der Waals surface area contributed by atoms with E-state index in [2.05, 4.69) is 5.32 Å². The maximum atomic E-state index is 11.3. The smallest absolute Gasteiger partial charge is 0.175 e. The second-order valence-electron chi connectivity index (χ2n) is 4.00. The lowest BCUT2D eigenvalue weighted by atomic mass is 10.4. The molecular formula is C12H19NO3S2. The zero-order valence-corrected chi connectivity index (χ0v) is 12.5. The van der Waals surface area contributed by atoms with E-state index in [0.717, 1.165) is 10.6 Å². The summed E-state index contributed by atoms with van der Waals surface area (Å²) in [5, 5.41) is 3.17. The zero-order chi connectivity index (χ0) is 13.6. The van der Waals surface area contributed by atoms with Crippen LogP contribution in [0.1, 0.15) is 0 Å². The predicted octanol–water partition coefficient (Wildman–Crippen LogP) is 1.42. The Morgan fingerprint density at radius 3 is 2.39 bits per heavy atom. The largest absolute Gasteiger partial charge is 0.383 e. The summed E-state index contributed by atoms with van der Waals surface area (Å²) in [7, 11) is 0.471. The molecule has 4 nitrogen and oxygen atoms in total. The summed E-state index contributed by atoms with van der Waals surface area (Å²) < 4.78 is 27.7. The van der Waals surface area contributed by atoms with Crippen molar-refractivity contribution in [2.75, 3.05) is 32.8 Å². The van der Waals surface area contributed by atoms with Gasteiger partial charge >= 0.3 is 0 Å². The summed E-state index contributed by atoms with van der Waals surface area (Å²) in [4.78, 5) is 1.41. The number of methoxy groups -OCH3 is 1. The summed E-state index contributed by atoms with van der Waals surface area (Å²) in [5.74, 6) is 0.878. The molecule has 1 aromatic carbocycles. The molecule has 0 saturated carbocycles. The maximum Gasteiger partial charge on any atom is 0.175 e. The van der Waals surface area contributed by atoms with Crippen LogP contribution >= 0.6 is 11.8 Å². The number of ether oxygens (including phenoxy) is 1. The van der Waals surface area contributed by atoms with Gasteiger partial charge in [0.05, 0.1) is 11.5 Å². The van der Waals surface area contributed by atoms with Gasteiger partial charge in [-0.3, -0.25) is 0 Å².